The summed E-state index contributed by atoms with van der Waals surface area (Å²) < 4.78 is 29.2. The SMILES string of the molecule is C/C(=C\c1ccc([N+](=O)[O-])cc1)COS(=O)(=O)c1ccc(C)cc1. The summed E-state index contributed by atoms with van der Waals surface area (Å²) in [5, 5.41) is 10.6. The molecule has 0 heterocycles. The van der Waals surface area contributed by atoms with Gasteiger partial charge in [0, 0.05) is 12.1 Å². The van der Waals surface area contributed by atoms with Crippen LogP contribution in [-0.4, -0.2) is 19.9 Å². The summed E-state index contributed by atoms with van der Waals surface area (Å²) in [7, 11) is -3.81. The number of non-ortho nitro benzene ring substituents is 1. The van der Waals surface area contributed by atoms with E-state index < -0.39 is 15.0 Å². The average Bonchev–Trinajstić information content (AvgIpc) is 2.54. The van der Waals surface area contributed by atoms with E-state index in [-0.39, 0.29) is 17.2 Å². The lowest BCUT2D eigenvalue weighted by Crippen LogP contribution is -2.08. The second kappa shape index (κ2) is 7.37. The predicted molar refractivity (Wildman–Crippen MR) is 91.1 cm³/mol. The number of benzene rings is 2. The maximum atomic E-state index is 12.1. The molecule has 0 N–H and O–H groups in total. The van der Waals surface area contributed by atoms with E-state index in [0.717, 1.165) is 11.1 Å². The number of nitro benzene ring substituents is 1. The molecule has 0 saturated carbocycles. The normalized spacial score (nSPS) is 12.2. The highest BCUT2D eigenvalue weighted by Crippen LogP contribution is 2.17. The zero-order chi connectivity index (χ0) is 17.7. The largest absolute Gasteiger partial charge is 0.297 e. The minimum absolute atomic E-state index is 0.00278. The standard InChI is InChI=1S/C17H17NO5S/c1-13-3-9-17(10-4-13)24(21,22)23-12-14(2)11-15-5-7-16(8-6-15)18(19)20/h3-11H,12H2,1-2H3/b14-11+. The lowest BCUT2D eigenvalue weighted by atomic mass is 10.1. The number of rotatable bonds is 6. The van der Waals surface area contributed by atoms with Crippen LogP contribution in [0, 0.1) is 17.0 Å². The van der Waals surface area contributed by atoms with Crippen LogP contribution in [0.25, 0.3) is 6.08 Å². The minimum atomic E-state index is -3.81. The lowest BCUT2D eigenvalue weighted by Gasteiger charge is -2.06. The van der Waals surface area contributed by atoms with Gasteiger partial charge in [0.2, 0.25) is 0 Å². The Kier molecular flexibility index (Phi) is 5.48. The van der Waals surface area contributed by atoms with E-state index in [1.807, 2.05) is 6.92 Å². The Balaban J connectivity index is 2.04. The fraction of sp³-hybridized carbons (Fsp3) is 0.176. The first-order valence-corrected chi connectivity index (χ1v) is 8.56. The van der Waals surface area contributed by atoms with Gasteiger partial charge in [0.05, 0.1) is 16.4 Å². The zero-order valence-corrected chi connectivity index (χ0v) is 14.1. The monoisotopic (exact) mass is 347 g/mol. The summed E-state index contributed by atoms with van der Waals surface area (Å²) >= 11 is 0. The van der Waals surface area contributed by atoms with Crippen LogP contribution in [-0.2, 0) is 14.3 Å². The van der Waals surface area contributed by atoms with Crippen LogP contribution in [0.3, 0.4) is 0 Å². The highest BCUT2D eigenvalue weighted by Gasteiger charge is 2.14. The summed E-state index contributed by atoms with van der Waals surface area (Å²) in [4.78, 5) is 10.2. The Morgan fingerprint density at radius 2 is 1.71 bits per heavy atom. The highest BCUT2D eigenvalue weighted by atomic mass is 32.2. The molecule has 0 bridgehead atoms. The van der Waals surface area contributed by atoms with Crippen molar-refractivity contribution in [1.29, 1.82) is 0 Å². The average molecular weight is 347 g/mol. The Morgan fingerprint density at radius 3 is 2.25 bits per heavy atom. The molecule has 0 saturated heterocycles. The topological polar surface area (TPSA) is 86.5 Å². The van der Waals surface area contributed by atoms with E-state index in [1.165, 1.54) is 24.3 Å². The molecule has 7 heteroatoms. The second-order valence-electron chi connectivity index (χ2n) is 5.37. The smallest absolute Gasteiger partial charge is 0.262 e. The first kappa shape index (κ1) is 17.8. The van der Waals surface area contributed by atoms with Gasteiger partial charge < -0.3 is 0 Å². The number of nitrogens with zero attached hydrogens (tertiary/aromatic N) is 1. The van der Waals surface area contributed by atoms with E-state index in [1.54, 1.807) is 37.3 Å². The molecule has 2 aromatic carbocycles. The van der Waals surface area contributed by atoms with Crippen LogP contribution < -0.4 is 0 Å². The maximum Gasteiger partial charge on any atom is 0.297 e. The molecule has 2 rings (SSSR count). The zero-order valence-electron chi connectivity index (χ0n) is 13.3. The molecule has 24 heavy (non-hydrogen) atoms. The number of aryl methyl sites for hydroxylation is 1. The van der Waals surface area contributed by atoms with Gasteiger partial charge in [-0.3, -0.25) is 14.3 Å². The third-order valence-corrected chi connectivity index (χ3v) is 4.55. The van der Waals surface area contributed by atoms with Crippen molar-refractivity contribution in [2.75, 3.05) is 6.61 Å². The molecular formula is C17H17NO5S. The van der Waals surface area contributed by atoms with Crippen LogP contribution in [0.15, 0.2) is 59.0 Å². The molecule has 0 amide bonds. The van der Waals surface area contributed by atoms with Crippen molar-refractivity contribution in [3.63, 3.8) is 0 Å². The van der Waals surface area contributed by atoms with Gasteiger partial charge in [-0.05, 0) is 49.2 Å². The van der Waals surface area contributed by atoms with Gasteiger partial charge in [0.1, 0.15) is 0 Å². The summed E-state index contributed by atoms with van der Waals surface area (Å²) in [6, 6.07) is 12.4. The first-order valence-electron chi connectivity index (χ1n) is 7.16. The molecule has 0 aliphatic rings. The highest BCUT2D eigenvalue weighted by molar-refractivity contribution is 7.86. The lowest BCUT2D eigenvalue weighted by molar-refractivity contribution is -0.384. The van der Waals surface area contributed by atoms with Crippen molar-refractivity contribution in [2.45, 2.75) is 18.7 Å². The molecule has 0 aliphatic carbocycles. The maximum absolute atomic E-state index is 12.1. The van der Waals surface area contributed by atoms with Crippen LogP contribution >= 0.6 is 0 Å². The molecule has 6 nitrogen and oxygen atoms in total. The number of nitro groups is 1. The summed E-state index contributed by atoms with van der Waals surface area (Å²) in [5.41, 5.74) is 2.38. The van der Waals surface area contributed by atoms with Gasteiger partial charge in [-0.25, -0.2) is 0 Å². The fourth-order valence-electron chi connectivity index (χ4n) is 1.96. The van der Waals surface area contributed by atoms with Gasteiger partial charge >= 0.3 is 0 Å². The molecule has 0 atom stereocenters. The molecule has 0 unspecified atom stereocenters. The molecule has 2 aromatic rings. The van der Waals surface area contributed by atoms with Crippen molar-refractivity contribution < 1.29 is 17.5 Å². The van der Waals surface area contributed by atoms with E-state index >= 15 is 0 Å². The summed E-state index contributed by atoms with van der Waals surface area (Å²) in [6.07, 6.45) is 1.72. The van der Waals surface area contributed by atoms with Gasteiger partial charge in [-0.2, -0.15) is 8.42 Å². The van der Waals surface area contributed by atoms with Crippen LogP contribution in [0.5, 0.6) is 0 Å². The Morgan fingerprint density at radius 1 is 1.12 bits per heavy atom. The Labute approximate surface area is 140 Å². The Hall–Kier alpha value is -2.51. The molecule has 0 spiro atoms. The minimum Gasteiger partial charge on any atom is -0.262 e. The van der Waals surface area contributed by atoms with E-state index in [0.29, 0.717) is 5.57 Å². The molecule has 0 fully saturated rings. The third-order valence-electron chi connectivity index (χ3n) is 3.27. The van der Waals surface area contributed by atoms with E-state index in [2.05, 4.69) is 0 Å². The quantitative estimate of drug-likeness (QED) is 0.452. The molecular weight excluding hydrogens is 330 g/mol. The first-order chi connectivity index (χ1) is 11.3. The van der Waals surface area contributed by atoms with Gasteiger partial charge in [0.15, 0.2) is 0 Å². The van der Waals surface area contributed by atoms with Crippen molar-refractivity contribution in [3.8, 4) is 0 Å². The van der Waals surface area contributed by atoms with Crippen molar-refractivity contribution >= 4 is 21.9 Å². The van der Waals surface area contributed by atoms with E-state index in [4.69, 9.17) is 4.18 Å². The van der Waals surface area contributed by atoms with Crippen LogP contribution in [0.1, 0.15) is 18.1 Å². The van der Waals surface area contributed by atoms with Crippen molar-refractivity contribution in [2.24, 2.45) is 0 Å². The molecule has 0 aliphatic heterocycles. The van der Waals surface area contributed by atoms with Gasteiger partial charge in [-0.15, -0.1) is 0 Å². The van der Waals surface area contributed by atoms with Crippen LogP contribution in [0.4, 0.5) is 5.69 Å². The third kappa shape index (κ3) is 4.74. The molecule has 0 aromatic heterocycles. The molecule has 0 radical (unpaired) electrons. The van der Waals surface area contributed by atoms with E-state index in [9.17, 15) is 18.5 Å². The summed E-state index contributed by atoms with van der Waals surface area (Å²) in [6.45, 7) is 3.51. The predicted octanol–water partition coefficient (Wildman–Crippen LogP) is 3.71. The second-order valence-corrected chi connectivity index (χ2v) is 6.98. The Bertz CT molecular complexity index is 853. The molecule has 126 valence electrons. The van der Waals surface area contributed by atoms with Gasteiger partial charge in [0.25, 0.3) is 15.8 Å². The van der Waals surface area contributed by atoms with Crippen molar-refractivity contribution in [3.05, 3.63) is 75.3 Å². The number of hydrogen-bond donors (Lipinski definition) is 0. The number of hydrogen-bond acceptors (Lipinski definition) is 5. The van der Waals surface area contributed by atoms with Gasteiger partial charge in [-0.1, -0.05) is 23.8 Å². The van der Waals surface area contributed by atoms with Crippen LogP contribution in [0.2, 0.25) is 0 Å². The fourth-order valence-corrected chi connectivity index (χ4v) is 2.91. The van der Waals surface area contributed by atoms with Crippen molar-refractivity contribution in [1.82, 2.24) is 0 Å². The summed E-state index contributed by atoms with van der Waals surface area (Å²) in [5.74, 6) is 0.